The van der Waals surface area contributed by atoms with E-state index >= 15 is 17.6 Å². The lowest BCUT2D eigenvalue weighted by atomic mass is 9.81. The molecule has 3 aromatic rings. The van der Waals surface area contributed by atoms with Crippen LogP contribution in [0.1, 0.15) is 12.8 Å². The Hall–Kier alpha value is -2.44. The number of aliphatic hydroxyl groups excluding tert-OH is 2. The third-order valence-corrected chi connectivity index (χ3v) is 12.7. The minimum Gasteiger partial charge on any atom is -0.390 e. The van der Waals surface area contributed by atoms with Gasteiger partial charge in [-0.1, -0.05) is 54.6 Å². The Morgan fingerprint density at radius 1 is 0.684 bits per heavy atom. The monoisotopic (exact) mass is 570 g/mol. The molecule has 5 rings (SSSR count). The van der Waals surface area contributed by atoms with Gasteiger partial charge in [0.25, 0.3) is 0 Å². The highest BCUT2D eigenvalue weighted by Gasteiger charge is 2.74. The second-order valence-corrected chi connectivity index (χ2v) is 14.1. The first-order valence-corrected chi connectivity index (χ1v) is 15.0. The standard InChI is InChI=1S/C27H26F4O5S2/c28-26(29,23-17-18-16-22(23)25(33)24(18)32)27(30,31)38(34,35)36-37(19-10-4-1-5-11-19,20-12-6-2-7-13-20)21-14-8-3-9-15-21/h1-15,18,22-25,32-33H,16-17H2. The SMILES string of the molecule is O=S(=O)(OS(c1ccccc1)(c1ccccc1)c1ccccc1)C(F)(F)C(F)(F)C1CC2CC1C(O)C2O. The summed E-state index contributed by atoms with van der Waals surface area (Å²) in [6.07, 6.45) is -3.56. The van der Waals surface area contributed by atoms with E-state index in [1.54, 1.807) is 54.6 Å². The lowest BCUT2D eigenvalue weighted by molar-refractivity contribution is -0.214. The molecular weight excluding hydrogens is 544 g/mol. The molecule has 2 saturated carbocycles. The minimum absolute atomic E-state index is 0.0905. The number of fused-ring (bicyclic) bond motifs is 2. The van der Waals surface area contributed by atoms with Crippen molar-refractivity contribution < 1.29 is 39.8 Å². The molecule has 204 valence electrons. The summed E-state index contributed by atoms with van der Waals surface area (Å²) in [5.41, 5.74) is 0. The Morgan fingerprint density at radius 3 is 1.47 bits per heavy atom. The third-order valence-electron chi connectivity index (χ3n) is 7.50. The number of hydrogen-bond donors (Lipinski definition) is 2. The van der Waals surface area contributed by atoms with Gasteiger partial charge in [0.15, 0.2) is 0 Å². The molecule has 5 nitrogen and oxygen atoms in total. The summed E-state index contributed by atoms with van der Waals surface area (Å²) in [6.45, 7) is 0. The maximum absolute atomic E-state index is 15.7. The van der Waals surface area contributed by atoms with Crippen molar-refractivity contribution >= 4 is 20.4 Å². The summed E-state index contributed by atoms with van der Waals surface area (Å²) in [7, 11) is -9.77. The molecule has 0 heterocycles. The Balaban J connectivity index is 1.64. The molecule has 38 heavy (non-hydrogen) atoms. The maximum atomic E-state index is 15.7. The van der Waals surface area contributed by atoms with Crippen molar-refractivity contribution in [2.24, 2.45) is 17.8 Å². The second-order valence-electron chi connectivity index (χ2n) is 9.64. The molecule has 2 aliphatic rings. The Morgan fingerprint density at radius 2 is 1.11 bits per heavy atom. The van der Waals surface area contributed by atoms with Crippen LogP contribution in [0.25, 0.3) is 0 Å². The van der Waals surface area contributed by atoms with E-state index in [0.717, 1.165) is 0 Å². The van der Waals surface area contributed by atoms with Crippen molar-refractivity contribution in [2.45, 2.75) is 50.9 Å². The predicted molar refractivity (Wildman–Crippen MR) is 133 cm³/mol. The smallest absolute Gasteiger partial charge is 0.390 e. The van der Waals surface area contributed by atoms with Crippen molar-refractivity contribution in [1.29, 1.82) is 0 Å². The number of aliphatic hydroxyl groups is 2. The first kappa shape index (κ1) is 27.1. The van der Waals surface area contributed by atoms with E-state index in [4.69, 9.17) is 3.63 Å². The molecular formula is C27H26F4O5S2. The van der Waals surface area contributed by atoms with Crippen LogP contribution in [-0.2, 0) is 13.7 Å². The van der Waals surface area contributed by atoms with Crippen LogP contribution in [0, 0.1) is 17.8 Å². The number of benzene rings is 3. The van der Waals surface area contributed by atoms with Crippen LogP contribution >= 0.6 is 10.3 Å². The van der Waals surface area contributed by atoms with Crippen molar-refractivity contribution in [3.05, 3.63) is 91.0 Å². The van der Waals surface area contributed by atoms with Crippen LogP contribution in [-0.4, -0.2) is 42.0 Å². The molecule has 0 aliphatic heterocycles. The zero-order valence-corrected chi connectivity index (χ0v) is 21.5. The van der Waals surface area contributed by atoms with Gasteiger partial charge in [0.2, 0.25) is 0 Å². The van der Waals surface area contributed by atoms with Gasteiger partial charge in [-0.15, -0.1) is 0 Å². The molecule has 0 amide bonds. The van der Waals surface area contributed by atoms with E-state index < -0.39 is 68.0 Å². The molecule has 5 unspecified atom stereocenters. The second kappa shape index (κ2) is 9.63. The third kappa shape index (κ3) is 4.06. The van der Waals surface area contributed by atoms with Crippen molar-refractivity contribution in [3.8, 4) is 0 Å². The molecule has 2 N–H and O–H groups in total. The predicted octanol–water partition coefficient (Wildman–Crippen LogP) is 5.84. The summed E-state index contributed by atoms with van der Waals surface area (Å²) < 4.78 is 94.7. The minimum atomic E-state index is -6.30. The highest BCUT2D eigenvalue weighted by atomic mass is 32.3. The molecule has 2 bridgehead atoms. The molecule has 0 spiro atoms. The topological polar surface area (TPSA) is 83.8 Å². The van der Waals surface area contributed by atoms with E-state index in [-0.39, 0.29) is 21.1 Å². The lowest BCUT2D eigenvalue weighted by Crippen LogP contribution is -2.55. The summed E-state index contributed by atoms with van der Waals surface area (Å²) >= 11 is 0. The maximum Gasteiger partial charge on any atom is 0.432 e. The van der Waals surface area contributed by atoms with Gasteiger partial charge in [-0.3, -0.25) is 0 Å². The largest absolute Gasteiger partial charge is 0.432 e. The van der Waals surface area contributed by atoms with Crippen LogP contribution in [0.2, 0.25) is 0 Å². The quantitative estimate of drug-likeness (QED) is 0.333. The van der Waals surface area contributed by atoms with Crippen LogP contribution < -0.4 is 0 Å². The van der Waals surface area contributed by atoms with E-state index in [1.165, 1.54) is 36.4 Å². The fourth-order valence-corrected chi connectivity index (χ4v) is 10.9. The molecule has 5 atom stereocenters. The average Bonchev–Trinajstić information content (AvgIpc) is 3.48. The normalized spacial score (nSPS) is 26.4. The molecule has 11 heteroatoms. The Bertz CT molecular complexity index is 1280. The summed E-state index contributed by atoms with van der Waals surface area (Å²) in [5, 5.41) is 14.4. The number of hydrogen-bond acceptors (Lipinski definition) is 5. The van der Waals surface area contributed by atoms with E-state index in [2.05, 4.69) is 0 Å². The first-order valence-electron chi connectivity index (χ1n) is 12.0. The Labute approximate surface area is 219 Å². The van der Waals surface area contributed by atoms with Gasteiger partial charge < -0.3 is 10.2 Å². The van der Waals surface area contributed by atoms with Crippen LogP contribution in [0.5, 0.6) is 0 Å². The highest BCUT2D eigenvalue weighted by molar-refractivity contribution is 8.33. The number of halogens is 4. The van der Waals surface area contributed by atoms with E-state index in [1.807, 2.05) is 0 Å². The van der Waals surface area contributed by atoms with Crippen molar-refractivity contribution in [3.63, 3.8) is 0 Å². The van der Waals surface area contributed by atoms with Gasteiger partial charge in [-0.2, -0.15) is 26.0 Å². The fourth-order valence-electron chi connectivity index (χ4n) is 5.64. The van der Waals surface area contributed by atoms with Crippen molar-refractivity contribution in [1.82, 2.24) is 0 Å². The summed E-state index contributed by atoms with van der Waals surface area (Å²) in [4.78, 5) is 0.663. The first-order chi connectivity index (χ1) is 17.9. The van der Waals surface area contributed by atoms with Crippen molar-refractivity contribution in [2.75, 3.05) is 0 Å². The molecule has 2 fully saturated rings. The van der Waals surface area contributed by atoms with Gasteiger partial charge in [0.1, 0.15) is 0 Å². The molecule has 0 saturated heterocycles. The molecule has 3 aromatic carbocycles. The van der Waals surface area contributed by atoms with Crippen LogP contribution in [0.15, 0.2) is 106 Å². The Kier molecular flexibility index (Phi) is 6.88. The average molecular weight is 571 g/mol. The zero-order valence-electron chi connectivity index (χ0n) is 19.9. The molecule has 0 radical (unpaired) electrons. The van der Waals surface area contributed by atoms with Crippen LogP contribution in [0.4, 0.5) is 17.6 Å². The van der Waals surface area contributed by atoms with E-state index in [9.17, 15) is 18.6 Å². The summed E-state index contributed by atoms with van der Waals surface area (Å²) in [5.74, 6) is -9.39. The van der Waals surface area contributed by atoms with Gasteiger partial charge in [0.05, 0.1) is 12.2 Å². The number of rotatable bonds is 8. The fraction of sp³-hybridized carbons (Fsp3) is 0.333. The van der Waals surface area contributed by atoms with Gasteiger partial charge in [-0.25, -0.2) is 3.63 Å². The van der Waals surface area contributed by atoms with Gasteiger partial charge in [-0.05, 0) is 71.4 Å². The zero-order chi connectivity index (χ0) is 27.3. The van der Waals surface area contributed by atoms with Crippen LogP contribution in [0.3, 0.4) is 0 Å². The summed E-state index contributed by atoms with van der Waals surface area (Å²) in [6, 6.07) is 23.5. The van der Waals surface area contributed by atoms with Gasteiger partial charge in [0, 0.05) is 20.6 Å². The van der Waals surface area contributed by atoms with Gasteiger partial charge >= 0.3 is 21.3 Å². The lowest BCUT2D eigenvalue weighted by Gasteiger charge is -2.42. The molecule has 2 aliphatic carbocycles. The molecule has 0 aromatic heterocycles. The number of alkyl halides is 4. The van der Waals surface area contributed by atoms with E-state index in [0.29, 0.717) is 0 Å². The highest BCUT2D eigenvalue weighted by Crippen LogP contribution is 2.71.